The summed E-state index contributed by atoms with van der Waals surface area (Å²) in [6.45, 7) is 11.3. The molecule has 0 aromatic carbocycles. The summed E-state index contributed by atoms with van der Waals surface area (Å²) in [5, 5.41) is 6.29. The molecule has 1 unspecified atom stereocenters. The van der Waals surface area contributed by atoms with Crippen LogP contribution in [0.4, 0.5) is 5.82 Å². The third-order valence-electron chi connectivity index (χ3n) is 3.66. The zero-order valence-electron chi connectivity index (χ0n) is 15.6. The Balaban J connectivity index is 2.59. The highest BCUT2D eigenvalue weighted by molar-refractivity contribution is 5.93. The number of anilines is 1. The van der Waals surface area contributed by atoms with Gasteiger partial charge in [0.1, 0.15) is 6.26 Å². The second kappa shape index (κ2) is 9.45. The SMILES string of the molecule is CCCCN(CC(=O)Nc1ccon1)C(=O)CC(C)CC(C)(C)C. The van der Waals surface area contributed by atoms with Gasteiger partial charge in [0, 0.05) is 19.0 Å². The van der Waals surface area contributed by atoms with Crippen molar-refractivity contribution >= 4 is 17.6 Å². The third kappa shape index (κ3) is 8.13. The van der Waals surface area contributed by atoms with E-state index in [1.807, 2.05) is 0 Å². The first kappa shape index (κ1) is 20.2. The Kier molecular flexibility index (Phi) is 7.95. The van der Waals surface area contributed by atoms with Crippen LogP contribution in [0, 0.1) is 11.3 Å². The lowest BCUT2D eigenvalue weighted by Crippen LogP contribution is -2.39. The fourth-order valence-electron chi connectivity index (χ4n) is 2.82. The average Bonchev–Trinajstić information content (AvgIpc) is 2.93. The zero-order chi connectivity index (χ0) is 18.2. The molecule has 0 aliphatic rings. The Bertz CT molecular complexity index is 506. The number of rotatable bonds is 9. The van der Waals surface area contributed by atoms with Crippen LogP contribution in [-0.4, -0.2) is 35.0 Å². The Morgan fingerprint density at radius 2 is 2.08 bits per heavy atom. The number of carbonyl (C=O) groups is 2. The number of hydrogen-bond acceptors (Lipinski definition) is 4. The molecule has 0 spiro atoms. The van der Waals surface area contributed by atoms with Gasteiger partial charge < -0.3 is 14.7 Å². The first-order chi connectivity index (χ1) is 11.2. The van der Waals surface area contributed by atoms with Crippen molar-refractivity contribution in [3.8, 4) is 0 Å². The van der Waals surface area contributed by atoms with Crippen molar-refractivity contribution in [3.63, 3.8) is 0 Å². The third-order valence-corrected chi connectivity index (χ3v) is 3.66. The molecule has 0 fully saturated rings. The molecular weight excluding hydrogens is 306 g/mol. The number of nitrogens with one attached hydrogen (secondary N) is 1. The smallest absolute Gasteiger partial charge is 0.245 e. The molecule has 0 radical (unpaired) electrons. The van der Waals surface area contributed by atoms with Crippen molar-refractivity contribution in [2.45, 2.75) is 60.3 Å². The molecule has 1 aromatic heterocycles. The number of nitrogens with zero attached hydrogens (tertiary/aromatic N) is 2. The maximum atomic E-state index is 12.6. The largest absolute Gasteiger partial charge is 0.363 e. The molecule has 1 N–H and O–H groups in total. The topological polar surface area (TPSA) is 75.4 Å². The van der Waals surface area contributed by atoms with Gasteiger partial charge in [-0.1, -0.05) is 46.2 Å². The van der Waals surface area contributed by atoms with Gasteiger partial charge in [-0.25, -0.2) is 0 Å². The van der Waals surface area contributed by atoms with E-state index in [-0.39, 0.29) is 23.8 Å². The van der Waals surface area contributed by atoms with Crippen LogP contribution in [0.25, 0.3) is 0 Å². The fourth-order valence-corrected chi connectivity index (χ4v) is 2.82. The van der Waals surface area contributed by atoms with Gasteiger partial charge >= 0.3 is 0 Å². The van der Waals surface area contributed by atoms with Crippen LogP contribution in [0.3, 0.4) is 0 Å². The van der Waals surface area contributed by atoms with Gasteiger partial charge in [0.05, 0.1) is 6.54 Å². The van der Waals surface area contributed by atoms with Gasteiger partial charge in [-0.2, -0.15) is 0 Å². The van der Waals surface area contributed by atoms with E-state index in [0.717, 1.165) is 19.3 Å². The first-order valence-electron chi connectivity index (χ1n) is 8.69. The highest BCUT2D eigenvalue weighted by Crippen LogP contribution is 2.26. The molecule has 1 rings (SSSR count). The van der Waals surface area contributed by atoms with E-state index in [4.69, 9.17) is 0 Å². The lowest BCUT2D eigenvalue weighted by Gasteiger charge is -2.26. The fraction of sp³-hybridized carbons (Fsp3) is 0.722. The van der Waals surface area contributed by atoms with Crippen LogP contribution in [0.5, 0.6) is 0 Å². The van der Waals surface area contributed by atoms with Crippen LogP contribution < -0.4 is 5.32 Å². The highest BCUT2D eigenvalue weighted by atomic mass is 16.5. The van der Waals surface area contributed by atoms with Crippen molar-refractivity contribution in [2.75, 3.05) is 18.4 Å². The molecule has 24 heavy (non-hydrogen) atoms. The summed E-state index contributed by atoms with van der Waals surface area (Å²) in [5.74, 6) is 0.441. The minimum absolute atomic E-state index is 0.0375. The van der Waals surface area contributed by atoms with Gasteiger partial charge in [0.25, 0.3) is 0 Å². The molecule has 0 bridgehead atoms. The van der Waals surface area contributed by atoms with Crippen molar-refractivity contribution in [3.05, 3.63) is 12.3 Å². The maximum absolute atomic E-state index is 12.6. The average molecular weight is 337 g/mol. The Hall–Kier alpha value is -1.85. The standard InChI is InChI=1S/C18H31N3O3/c1-6-7-9-21(13-16(22)19-15-8-10-24-20-15)17(23)11-14(2)12-18(3,4)5/h8,10,14H,6-7,9,11-13H2,1-5H3,(H,19,20,22). The highest BCUT2D eigenvalue weighted by Gasteiger charge is 2.22. The second-order valence-corrected chi connectivity index (χ2v) is 7.68. The maximum Gasteiger partial charge on any atom is 0.245 e. The van der Waals surface area contributed by atoms with Gasteiger partial charge in [-0.3, -0.25) is 9.59 Å². The van der Waals surface area contributed by atoms with Crippen molar-refractivity contribution < 1.29 is 14.1 Å². The number of hydrogen-bond donors (Lipinski definition) is 1. The molecule has 136 valence electrons. The minimum atomic E-state index is -0.253. The summed E-state index contributed by atoms with van der Waals surface area (Å²) < 4.78 is 4.69. The Labute approximate surface area is 145 Å². The van der Waals surface area contributed by atoms with Gasteiger partial charge in [-0.05, 0) is 24.2 Å². The van der Waals surface area contributed by atoms with Crippen molar-refractivity contribution in [2.24, 2.45) is 11.3 Å². The van der Waals surface area contributed by atoms with E-state index in [1.165, 1.54) is 6.26 Å². The van der Waals surface area contributed by atoms with Gasteiger partial charge in [0.2, 0.25) is 11.8 Å². The molecule has 1 aromatic rings. The first-order valence-corrected chi connectivity index (χ1v) is 8.69. The van der Waals surface area contributed by atoms with Gasteiger partial charge in [-0.15, -0.1) is 0 Å². The van der Waals surface area contributed by atoms with E-state index in [0.29, 0.717) is 24.7 Å². The Morgan fingerprint density at radius 1 is 1.38 bits per heavy atom. The van der Waals surface area contributed by atoms with Crippen LogP contribution in [0.15, 0.2) is 16.9 Å². The normalized spacial score (nSPS) is 12.7. The molecule has 0 aliphatic heterocycles. The Morgan fingerprint density at radius 3 is 2.62 bits per heavy atom. The monoisotopic (exact) mass is 337 g/mol. The van der Waals surface area contributed by atoms with Gasteiger partial charge in [0.15, 0.2) is 5.82 Å². The van der Waals surface area contributed by atoms with Crippen LogP contribution in [0.2, 0.25) is 0 Å². The number of aromatic nitrogens is 1. The van der Waals surface area contributed by atoms with E-state index in [2.05, 4.69) is 49.6 Å². The predicted octanol–water partition coefficient (Wildman–Crippen LogP) is 3.70. The summed E-state index contributed by atoms with van der Waals surface area (Å²) in [5.41, 5.74) is 0.193. The van der Waals surface area contributed by atoms with Crippen LogP contribution in [-0.2, 0) is 9.59 Å². The molecule has 1 heterocycles. The molecule has 0 saturated heterocycles. The zero-order valence-corrected chi connectivity index (χ0v) is 15.6. The molecule has 6 nitrogen and oxygen atoms in total. The quantitative estimate of drug-likeness (QED) is 0.745. The van der Waals surface area contributed by atoms with Crippen LogP contribution in [0.1, 0.15) is 60.3 Å². The molecule has 6 heteroatoms. The lowest BCUT2D eigenvalue weighted by molar-refractivity contribution is -0.135. The predicted molar refractivity (Wildman–Crippen MR) is 94.5 cm³/mol. The van der Waals surface area contributed by atoms with E-state index in [1.54, 1.807) is 11.0 Å². The van der Waals surface area contributed by atoms with Crippen molar-refractivity contribution in [1.29, 1.82) is 0 Å². The molecule has 1 atom stereocenters. The number of amides is 2. The lowest BCUT2D eigenvalue weighted by atomic mass is 9.84. The van der Waals surface area contributed by atoms with E-state index in [9.17, 15) is 9.59 Å². The summed E-state index contributed by atoms with van der Waals surface area (Å²) in [7, 11) is 0. The number of carbonyl (C=O) groups excluding carboxylic acids is 2. The van der Waals surface area contributed by atoms with E-state index < -0.39 is 0 Å². The van der Waals surface area contributed by atoms with Crippen molar-refractivity contribution in [1.82, 2.24) is 10.1 Å². The summed E-state index contributed by atoms with van der Waals surface area (Å²) in [4.78, 5) is 26.4. The molecule has 0 saturated carbocycles. The van der Waals surface area contributed by atoms with E-state index >= 15 is 0 Å². The molecular formula is C18H31N3O3. The van der Waals surface area contributed by atoms with Crippen LogP contribution >= 0.6 is 0 Å². The molecule has 2 amide bonds. The summed E-state index contributed by atoms with van der Waals surface area (Å²) in [6.07, 6.45) is 4.70. The second-order valence-electron chi connectivity index (χ2n) is 7.68. The minimum Gasteiger partial charge on any atom is -0.363 e. The summed E-state index contributed by atoms with van der Waals surface area (Å²) >= 11 is 0. The molecule has 0 aliphatic carbocycles. The number of unbranched alkanes of at least 4 members (excludes halogenated alkanes) is 1. The summed E-state index contributed by atoms with van der Waals surface area (Å²) in [6, 6.07) is 1.57.